The van der Waals surface area contributed by atoms with E-state index in [1.54, 1.807) is 49.1 Å². The third-order valence-corrected chi connectivity index (χ3v) is 6.78. The number of nitrogens with zero attached hydrogens (tertiary/aromatic N) is 2. The second-order valence-corrected chi connectivity index (χ2v) is 9.43. The summed E-state index contributed by atoms with van der Waals surface area (Å²) in [6.07, 6.45) is -1.43. The Hall–Kier alpha value is -3.95. The number of hydrogen-bond acceptors (Lipinski definition) is 5. The Morgan fingerprint density at radius 1 is 1.07 bits per heavy atom. The summed E-state index contributed by atoms with van der Waals surface area (Å²) >= 11 is 0. The SMILES string of the molecule is C/C=C(\N=C(C)C1CCN(C(=O)c2ccccc2-c2ccc(C(F)(F)F)cc2)CC1)C(=O)NCCC(=O)OCC. The van der Waals surface area contributed by atoms with Crippen molar-refractivity contribution in [3.05, 3.63) is 71.4 Å². The van der Waals surface area contributed by atoms with Gasteiger partial charge in [-0.3, -0.25) is 19.4 Å². The van der Waals surface area contributed by atoms with E-state index in [9.17, 15) is 27.6 Å². The molecule has 10 heteroatoms. The number of ether oxygens (including phenoxy) is 1. The smallest absolute Gasteiger partial charge is 0.416 e. The monoisotopic (exact) mass is 557 g/mol. The highest BCUT2D eigenvalue weighted by atomic mass is 19.4. The van der Waals surface area contributed by atoms with E-state index in [0.29, 0.717) is 42.6 Å². The minimum absolute atomic E-state index is 0.0771. The Morgan fingerprint density at radius 3 is 2.33 bits per heavy atom. The standard InChI is InChI=1S/C30H34F3N3O4/c1-4-26(28(38)34-17-14-27(37)40-5-2)35-20(3)21-15-18-36(19-16-21)29(39)25-9-7-6-8-24(25)22-10-12-23(13-11-22)30(31,32)33/h4,6-13,21H,5,14-19H2,1-3H3,(H,34,38)/b26-4-,35-20?. The highest BCUT2D eigenvalue weighted by Gasteiger charge is 2.30. The number of carbonyl (C=O) groups is 3. The van der Waals surface area contributed by atoms with Crippen LogP contribution in [0.25, 0.3) is 11.1 Å². The maximum atomic E-state index is 13.4. The summed E-state index contributed by atoms with van der Waals surface area (Å²) in [5, 5.41) is 2.68. The molecule has 1 aliphatic heterocycles. The van der Waals surface area contributed by atoms with E-state index >= 15 is 0 Å². The van der Waals surface area contributed by atoms with Crippen LogP contribution in [0.15, 0.2) is 65.3 Å². The van der Waals surface area contributed by atoms with Crippen LogP contribution >= 0.6 is 0 Å². The van der Waals surface area contributed by atoms with Gasteiger partial charge in [-0.15, -0.1) is 0 Å². The second-order valence-electron chi connectivity index (χ2n) is 9.43. The van der Waals surface area contributed by atoms with Gasteiger partial charge in [0, 0.05) is 36.8 Å². The van der Waals surface area contributed by atoms with E-state index in [2.05, 4.69) is 10.3 Å². The van der Waals surface area contributed by atoms with Crippen LogP contribution in [-0.2, 0) is 20.5 Å². The van der Waals surface area contributed by atoms with Gasteiger partial charge in [0.1, 0.15) is 5.70 Å². The first-order valence-corrected chi connectivity index (χ1v) is 13.3. The number of allylic oxidation sites excluding steroid dienone is 1. The lowest BCUT2D eigenvalue weighted by molar-refractivity contribution is -0.143. The fourth-order valence-corrected chi connectivity index (χ4v) is 4.56. The number of carbonyl (C=O) groups excluding carboxylic acids is 3. The van der Waals surface area contributed by atoms with Crippen molar-refractivity contribution in [1.82, 2.24) is 10.2 Å². The third kappa shape index (κ3) is 8.03. The van der Waals surface area contributed by atoms with E-state index in [0.717, 1.165) is 17.8 Å². The molecule has 0 radical (unpaired) electrons. The van der Waals surface area contributed by atoms with Gasteiger partial charge in [0.2, 0.25) is 0 Å². The summed E-state index contributed by atoms with van der Waals surface area (Å²) in [6.45, 7) is 6.69. The van der Waals surface area contributed by atoms with Crippen LogP contribution in [0.2, 0.25) is 0 Å². The summed E-state index contributed by atoms with van der Waals surface area (Å²) in [5.41, 5.74) is 1.84. The van der Waals surface area contributed by atoms with Crippen molar-refractivity contribution in [3.8, 4) is 11.1 Å². The molecule has 0 aromatic heterocycles. The molecule has 0 aliphatic carbocycles. The van der Waals surface area contributed by atoms with E-state index in [4.69, 9.17) is 4.74 Å². The Bertz CT molecular complexity index is 1260. The minimum Gasteiger partial charge on any atom is -0.466 e. The number of esters is 1. The zero-order valence-electron chi connectivity index (χ0n) is 22.9. The number of piperidine rings is 1. The first-order chi connectivity index (χ1) is 19.0. The summed E-state index contributed by atoms with van der Waals surface area (Å²) in [5.74, 6) is -0.860. The molecule has 1 aliphatic rings. The van der Waals surface area contributed by atoms with Crippen molar-refractivity contribution < 1.29 is 32.3 Å². The summed E-state index contributed by atoms with van der Waals surface area (Å²) in [7, 11) is 0. The van der Waals surface area contributed by atoms with Gasteiger partial charge in [-0.05, 0) is 62.9 Å². The van der Waals surface area contributed by atoms with Gasteiger partial charge in [0.05, 0.1) is 18.6 Å². The van der Waals surface area contributed by atoms with Crippen molar-refractivity contribution in [2.24, 2.45) is 10.9 Å². The van der Waals surface area contributed by atoms with Gasteiger partial charge < -0.3 is 15.0 Å². The normalized spacial score (nSPS) is 15.1. The maximum absolute atomic E-state index is 13.4. The molecule has 0 spiro atoms. The molecule has 0 atom stereocenters. The van der Waals surface area contributed by atoms with Gasteiger partial charge in [0.15, 0.2) is 0 Å². The van der Waals surface area contributed by atoms with Gasteiger partial charge in [0.25, 0.3) is 11.8 Å². The molecular weight excluding hydrogens is 523 g/mol. The Balaban J connectivity index is 1.62. The molecule has 0 bridgehead atoms. The van der Waals surface area contributed by atoms with Crippen LogP contribution in [0.3, 0.4) is 0 Å². The molecule has 40 heavy (non-hydrogen) atoms. The van der Waals surface area contributed by atoms with E-state index in [-0.39, 0.29) is 49.0 Å². The van der Waals surface area contributed by atoms with Crippen molar-refractivity contribution in [2.45, 2.75) is 46.2 Å². The lowest BCUT2D eigenvalue weighted by atomic mass is 9.91. The number of aliphatic imine (C=N–C) groups is 1. The highest BCUT2D eigenvalue weighted by molar-refractivity contribution is 6.01. The number of nitrogens with one attached hydrogen (secondary N) is 1. The molecule has 1 fully saturated rings. The van der Waals surface area contributed by atoms with Crippen LogP contribution in [0.1, 0.15) is 56.0 Å². The van der Waals surface area contributed by atoms with Crippen molar-refractivity contribution in [2.75, 3.05) is 26.2 Å². The number of likely N-dealkylation sites (tertiary alicyclic amines) is 1. The van der Waals surface area contributed by atoms with Gasteiger partial charge >= 0.3 is 12.1 Å². The first kappa shape index (κ1) is 30.6. The number of halogens is 3. The van der Waals surface area contributed by atoms with Crippen LogP contribution in [0.4, 0.5) is 13.2 Å². The molecule has 2 aromatic carbocycles. The fourth-order valence-electron chi connectivity index (χ4n) is 4.56. The molecule has 2 amide bonds. The fraction of sp³-hybridized carbons (Fsp3) is 0.400. The van der Waals surface area contributed by atoms with Crippen molar-refractivity contribution in [1.29, 1.82) is 0 Å². The minimum atomic E-state index is -4.43. The van der Waals surface area contributed by atoms with Crippen LogP contribution in [0, 0.1) is 5.92 Å². The van der Waals surface area contributed by atoms with Crippen LogP contribution in [-0.4, -0.2) is 54.6 Å². The second kappa shape index (κ2) is 13.9. The number of hydrogen-bond donors (Lipinski definition) is 1. The number of rotatable bonds is 9. The Labute approximate surface area is 232 Å². The Kier molecular flexibility index (Phi) is 10.6. The van der Waals surface area contributed by atoms with Gasteiger partial charge in [-0.2, -0.15) is 13.2 Å². The largest absolute Gasteiger partial charge is 0.466 e. The molecule has 3 rings (SSSR count). The summed E-state index contributed by atoms with van der Waals surface area (Å²) in [4.78, 5) is 43.7. The first-order valence-electron chi connectivity index (χ1n) is 13.3. The maximum Gasteiger partial charge on any atom is 0.416 e. The van der Waals surface area contributed by atoms with E-state index in [1.807, 2.05) is 6.92 Å². The predicted molar refractivity (Wildman–Crippen MR) is 147 cm³/mol. The lowest BCUT2D eigenvalue weighted by Gasteiger charge is -2.32. The Morgan fingerprint density at radius 2 is 1.73 bits per heavy atom. The zero-order chi connectivity index (χ0) is 29.3. The summed E-state index contributed by atoms with van der Waals surface area (Å²) in [6, 6.07) is 11.7. The molecule has 1 N–H and O–H groups in total. The topological polar surface area (TPSA) is 88.1 Å². The number of alkyl halides is 3. The molecular formula is C30H34F3N3O4. The van der Waals surface area contributed by atoms with E-state index < -0.39 is 11.7 Å². The highest BCUT2D eigenvalue weighted by Crippen LogP contribution is 2.32. The number of amides is 2. The summed E-state index contributed by atoms with van der Waals surface area (Å²) < 4.78 is 43.8. The zero-order valence-corrected chi connectivity index (χ0v) is 22.9. The van der Waals surface area contributed by atoms with E-state index in [1.165, 1.54) is 12.1 Å². The third-order valence-electron chi connectivity index (χ3n) is 6.78. The number of benzene rings is 2. The quantitative estimate of drug-likeness (QED) is 0.245. The van der Waals surface area contributed by atoms with Crippen molar-refractivity contribution in [3.63, 3.8) is 0 Å². The van der Waals surface area contributed by atoms with Crippen LogP contribution < -0.4 is 5.32 Å². The lowest BCUT2D eigenvalue weighted by Crippen LogP contribution is -2.40. The predicted octanol–water partition coefficient (Wildman–Crippen LogP) is 5.66. The van der Waals surface area contributed by atoms with Gasteiger partial charge in [-0.25, -0.2) is 0 Å². The molecule has 1 saturated heterocycles. The van der Waals surface area contributed by atoms with Crippen molar-refractivity contribution >= 4 is 23.5 Å². The average molecular weight is 558 g/mol. The molecule has 0 saturated carbocycles. The molecule has 7 nitrogen and oxygen atoms in total. The molecule has 214 valence electrons. The van der Waals surface area contributed by atoms with Crippen LogP contribution in [0.5, 0.6) is 0 Å². The van der Waals surface area contributed by atoms with Gasteiger partial charge in [-0.1, -0.05) is 36.4 Å². The average Bonchev–Trinajstić information content (AvgIpc) is 2.95. The molecule has 1 heterocycles. The molecule has 0 unspecified atom stereocenters. The molecule has 2 aromatic rings.